The SMILES string of the molecule is Cc1csc(C(c2cc(N3CCOC[C@@H]3C)nc(-c3ccc(NC(=O)NCCN(C)C)cc3)n2)=S(=O)=O)n1. The minimum Gasteiger partial charge on any atom is -0.377 e. The van der Waals surface area contributed by atoms with Crippen molar-refractivity contribution in [3.05, 3.63) is 52.1 Å². The van der Waals surface area contributed by atoms with Crippen molar-refractivity contribution in [2.45, 2.75) is 19.9 Å². The summed E-state index contributed by atoms with van der Waals surface area (Å²) in [5.74, 6) is 0.980. The Bertz CT molecular complexity index is 1410. The number of urea groups is 1. The summed E-state index contributed by atoms with van der Waals surface area (Å²) in [5.41, 5.74) is 2.30. The number of likely N-dealkylation sites (N-methyl/N-ethyl adjacent to an activating group) is 1. The number of aromatic nitrogens is 3. The number of ether oxygens (including phenoxy) is 1. The van der Waals surface area contributed by atoms with E-state index in [9.17, 15) is 13.2 Å². The van der Waals surface area contributed by atoms with Crippen LogP contribution in [0.1, 0.15) is 23.3 Å². The lowest BCUT2D eigenvalue weighted by Crippen LogP contribution is -2.44. The van der Waals surface area contributed by atoms with Gasteiger partial charge in [-0.2, -0.15) is 8.42 Å². The first-order valence-corrected chi connectivity index (χ1v) is 14.1. The first-order chi connectivity index (χ1) is 18.2. The number of hydrogen-bond acceptors (Lipinski definition) is 10. The monoisotopic (exact) mass is 557 g/mol. The maximum absolute atomic E-state index is 12.4. The molecule has 0 bridgehead atoms. The number of nitrogens with zero attached hydrogens (tertiary/aromatic N) is 5. The van der Waals surface area contributed by atoms with Crippen molar-refractivity contribution >= 4 is 44.0 Å². The summed E-state index contributed by atoms with van der Waals surface area (Å²) in [6.45, 7) is 6.82. The van der Waals surface area contributed by atoms with Crippen LogP contribution in [0.25, 0.3) is 11.4 Å². The summed E-state index contributed by atoms with van der Waals surface area (Å²) >= 11 is 1.26. The Hall–Kier alpha value is -3.39. The van der Waals surface area contributed by atoms with Gasteiger partial charge in [-0.1, -0.05) is 0 Å². The number of carbonyl (C=O) groups is 1. The van der Waals surface area contributed by atoms with Crippen LogP contribution in [-0.2, 0) is 15.0 Å². The Morgan fingerprint density at radius 1 is 1.21 bits per heavy atom. The summed E-state index contributed by atoms with van der Waals surface area (Å²) in [7, 11) is 1.31. The third kappa shape index (κ3) is 6.92. The van der Waals surface area contributed by atoms with Gasteiger partial charge in [0.2, 0.25) is 10.3 Å². The van der Waals surface area contributed by atoms with Crippen molar-refractivity contribution in [2.75, 3.05) is 57.2 Å². The zero-order valence-electron chi connectivity index (χ0n) is 21.8. The zero-order valence-corrected chi connectivity index (χ0v) is 23.4. The van der Waals surface area contributed by atoms with Crippen LogP contribution in [0.5, 0.6) is 0 Å². The molecular formula is C25H31N7O4S2. The summed E-state index contributed by atoms with van der Waals surface area (Å²) < 4.78 is 30.3. The molecule has 0 spiro atoms. The molecule has 0 unspecified atom stereocenters. The van der Waals surface area contributed by atoms with E-state index in [4.69, 9.17) is 9.72 Å². The molecule has 38 heavy (non-hydrogen) atoms. The van der Waals surface area contributed by atoms with Crippen molar-refractivity contribution < 1.29 is 17.9 Å². The lowest BCUT2D eigenvalue weighted by atomic mass is 10.1. The molecule has 3 heterocycles. The fourth-order valence-electron chi connectivity index (χ4n) is 3.89. The van der Waals surface area contributed by atoms with Gasteiger partial charge in [0.25, 0.3) is 0 Å². The van der Waals surface area contributed by atoms with Gasteiger partial charge in [-0.15, -0.1) is 11.3 Å². The van der Waals surface area contributed by atoms with Crippen LogP contribution in [-0.4, -0.2) is 92.2 Å². The predicted molar refractivity (Wildman–Crippen MR) is 150 cm³/mol. The molecule has 1 aliphatic heterocycles. The fourth-order valence-corrected chi connectivity index (χ4v) is 5.45. The van der Waals surface area contributed by atoms with Crippen LogP contribution in [0.3, 0.4) is 0 Å². The number of aryl methyl sites for hydroxylation is 1. The normalized spacial score (nSPS) is 15.4. The summed E-state index contributed by atoms with van der Waals surface area (Å²) in [6.07, 6.45) is 0. The van der Waals surface area contributed by atoms with Gasteiger partial charge in [-0.05, 0) is 52.2 Å². The highest BCUT2D eigenvalue weighted by molar-refractivity contribution is 7.74. The van der Waals surface area contributed by atoms with Gasteiger partial charge in [-0.3, -0.25) is 0 Å². The molecule has 1 saturated heterocycles. The van der Waals surface area contributed by atoms with Crippen molar-refractivity contribution in [2.24, 2.45) is 0 Å². The maximum Gasteiger partial charge on any atom is 0.319 e. The van der Waals surface area contributed by atoms with Gasteiger partial charge in [-0.25, -0.2) is 19.7 Å². The van der Waals surface area contributed by atoms with Crippen molar-refractivity contribution in [1.82, 2.24) is 25.2 Å². The van der Waals surface area contributed by atoms with Crippen LogP contribution in [0.2, 0.25) is 0 Å². The summed E-state index contributed by atoms with van der Waals surface area (Å²) in [4.78, 5) is 30.1. The minimum atomic E-state index is -2.57. The van der Waals surface area contributed by atoms with E-state index in [0.29, 0.717) is 54.2 Å². The highest BCUT2D eigenvalue weighted by atomic mass is 32.2. The number of rotatable bonds is 8. The second-order valence-corrected chi connectivity index (χ2v) is 10.9. The average molecular weight is 558 g/mol. The van der Waals surface area contributed by atoms with Crippen molar-refractivity contribution in [3.8, 4) is 11.4 Å². The number of nitrogens with one attached hydrogen (secondary N) is 2. The first kappa shape index (κ1) is 27.6. The molecule has 1 aromatic carbocycles. The van der Waals surface area contributed by atoms with Gasteiger partial charge in [0, 0.05) is 48.0 Å². The van der Waals surface area contributed by atoms with Gasteiger partial charge < -0.3 is 25.2 Å². The van der Waals surface area contributed by atoms with E-state index in [2.05, 4.69) is 25.5 Å². The number of anilines is 2. The average Bonchev–Trinajstić information content (AvgIpc) is 3.29. The number of carbonyl (C=O) groups excluding carboxylic acids is 1. The van der Waals surface area contributed by atoms with Crippen LogP contribution in [0.4, 0.5) is 16.3 Å². The van der Waals surface area contributed by atoms with E-state index in [0.717, 1.165) is 12.2 Å². The summed E-state index contributed by atoms with van der Waals surface area (Å²) in [6, 6.07) is 8.56. The van der Waals surface area contributed by atoms with Gasteiger partial charge >= 0.3 is 6.03 Å². The highest BCUT2D eigenvalue weighted by Crippen LogP contribution is 2.26. The molecule has 1 aliphatic rings. The van der Waals surface area contributed by atoms with E-state index in [1.165, 1.54) is 11.3 Å². The molecule has 1 atom stereocenters. The molecule has 202 valence electrons. The molecule has 2 aromatic heterocycles. The Morgan fingerprint density at radius 3 is 2.61 bits per heavy atom. The molecule has 0 radical (unpaired) electrons. The van der Waals surface area contributed by atoms with Gasteiger partial charge in [0.1, 0.15) is 10.8 Å². The molecule has 11 nitrogen and oxygen atoms in total. The van der Waals surface area contributed by atoms with E-state index >= 15 is 0 Å². The van der Waals surface area contributed by atoms with Crippen LogP contribution in [0.15, 0.2) is 35.7 Å². The Kier molecular flexibility index (Phi) is 9.05. The second kappa shape index (κ2) is 12.4. The van der Waals surface area contributed by atoms with Crippen LogP contribution in [0, 0.1) is 6.92 Å². The molecule has 0 aliphatic carbocycles. The Balaban J connectivity index is 1.68. The smallest absolute Gasteiger partial charge is 0.319 e. The fraction of sp³-hybridized carbons (Fsp3) is 0.400. The quantitative estimate of drug-likeness (QED) is 0.316. The molecule has 2 amide bonds. The molecule has 1 fully saturated rings. The van der Waals surface area contributed by atoms with Crippen molar-refractivity contribution in [3.63, 3.8) is 0 Å². The van der Waals surface area contributed by atoms with Gasteiger partial charge in [0.15, 0.2) is 10.7 Å². The molecule has 3 aromatic rings. The lowest BCUT2D eigenvalue weighted by molar-refractivity contribution is 0.0985. The van der Waals surface area contributed by atoms with E-state index in [-0.39, 0.29) is 22.6 Å². The first-order valence-electron chi connectivity index (χ1n) is 12.1. The van der Waals surface area contributed by atoms with Crippen molar-refractivity contribution in [1.29, 1.82) is 0 Å². The lowest BCUT2D eigenvalue weighted by Gasteiger charge is -2.34. The third-order valence-corrected chi connectivity index (χ3v) is 7.68. The molecule has 13 heteroatoms. The standard InChI is InChI=1S/C25H31N7O4S2/c1-16-15-37-24(27-16)22(38(34)35)20-13-21(32-11-12-36-14-17(32)2)30-23(29-20)18-5-7-19(8-6-18)28-25(33)26-9-10-31(3)4/h5-8,13,15,17H,9-12,14H2,1-4H3,(H2,26,28,33)/t17-/m0/s1. The Labute approximate surface area is 227 Å². The van der Waals surface area contributed by atoms with E-state index in [1.54, 1.807) is 35.7 Å². The van der Waals surface area contributed by atoms with Gasteiger partial charge in [0.05, 0.1) is 24.9 Å². The number of amides is 2. The van der Waals surface area contributed by atoms with Crippen LogP contribution >= 0.6 is 11.3 Å². The topological polar surface area (TPSA) is 130 Å². The molecule has 4 rings (SSSR count). The number of morpholine rings is 1. The molecular weight excluding hydrogens is 526 g/mol. The molecule has 2 N–H and O–H groups in total. The largest absolute Gasteiger partial charge is 0.377 e. The number of benzene rings is 1. The second-order valence-electron chi connectivity index (χ2n) is 9.17. The minimum absolute atomic E-state index is 0.0293. The van der Waals surface area contributed by atoms with Crippen LogP contribution < -0.4 is 15.5 Å². The van der Waals surface area contributed by atoms with E-state index in [1.807, 2.05) is 32.8 Å². The third-order valence-electron chi connectivity index (χ3n) is 5.83. The number of thiazole rings is 1. The Morgan fingerprint density at radius 2 is 1.97 bits per heavy atom. The predicted octanol–water partition coefficient (Wildman–Crippen LogP) is 2.26. The summed E-state index contributed by atoms with van der Waals surface area (Å²) in [5, 5.41) is 7.79. The van der Waals surface area contributed by atoms with E-state index < -0.39 is 10.3 Å². The zero-order chi connectivity index (χ0) is 27.2. The number of hydrogen-bond donors (Lipinski definition) is 2. The highest BCUT2D eigenvalue weighted by Gasteiger charge is 2.24. The molecule has 0 saturated carbocycles. The maximum atomic E-state index is 12.4.